The molecule has 0 aliphatic heterocycles. The van der Waals surface area contributed by atoms with Gasteiger partial charge in [0.15, 0.2) is 0 Å². The fraction of sp³-hybridized carbons (Fsp3) is 0.571. The molecule has 0 radical (unpaired) electrons. The molecule has 5 nitrogen and oxygen atoms in total. The molecule has 3 rings (SSSR count). The molecule has 0 amide bonds. The molecule has 1 aromatic rings. The topological polar surface area (TPSA) is 72.6 Å². The summed E-state index contributed by atoms with van der Waals surface area (Å²) in [7, 11) is -2.03. The summed E-state index contributed by atoms with van der Waals surface area (Å²) in [5.74, 6) is 0.858. The Morgan fingerprint density at radius 1 is 1.30 bits per heavy atom. The Morgan fingerprint density at radius 2 is 2.00 bits per heavy atom. The third-order valence-electron chi connectivity index (χ3n) is 3.86. The van der Waals surface area contributed by atoms with Crippen molar-refractivity contribution in [2.45, 2.75) is 36.6 Å². The molecule has 2 fully saturated rings. The molecule has 6 heteroatoms. The van der Waals surface area contributed by atoms with Gasteiger partial charge >= 0.3 is 0 Å². The van der Waals surface area contributed by atoms with Crippen molar-refractivity contribution >= 4 is 15.7 Å². The Hall–Kier alpha value is -1.27. The van der Waals surface area contributed by atoms with Crippen molar-refractivity contribution in [3.05, 3.63) is 18.2 Å². The van der Waals surface area contributed by atoms with Gasteiger partial charge in [0.25, 0.3) is 0 Å². The Morgan fingerprint density at radius 3 is 2.55 bits per heavy atom. The van der Waals surface area contributed by atoms with Gasteiger partial charge in [-0.3, -0.25) is 0 Å². The zero-order valence-electron chi connectivity index (χ0n) is 11.6. The maximum atomic E-state index is 12.9. The number of anilines is 1. The van der Waals surface area contributed by atoms with Crippen molar-refractivity contribution in [3.63, 3.8) is 0 Å². The van der Waals surface area contributed by atoms with Gasteiger partial charge in [-0.25, -0.2) is 8.42 Å². The lowest BCUT2D eigenvalue weighted by Gasteiger charge is -2.23. The molecule has 2 aliphatic carbocycles. The Labute approximate surface area is 119 Å². The lowest BCUT2D eigenvalue weighted by atomic mass is 10.3. The number of nitrogen functional groups attached to an aromatic ring is 1. The second kappa shape index (κ2) is 4.93. The highest BCUT2D eigenvalue weighted by Crippen LogP contribution is 2.39. The first-order valence-corrected chi connectivity index (χ1v) is 8.41. The standard InChI is InChI=1S/C14H20N2O3S/c1-19-13-8-11(15)4-7-14(13)20(17,18)16(12-5-6-12)9-10-2-3-10/h4,7-8,10,12H,2-3,5-6,9,15H2,1H3. The molecule has 0 bridgehead atoms. The van der Waals surface area contributed by atoms with Crippen LogP contribution in [0.4, 0.5) is 5.69 Å². The van der Waals surface area contributed by atoms with Crippen molar-refractivity contribution in [2.24, 2.45) is 5.92 Å². The van der Waals surface area contributed by atoms with E-state index >= 15 is 0 Å². The van der Waals surface area contributed by atoms with Gasteiger partial charge in [0.1, 0.15) is 10.6 Å². The third kappa shape index (κ3) is 2.62. The highest BCUT2D eigenvalue weighted by atomic mass is 32.2. The van der Waals surface area contributed by atoms with Crippen molar-refractivity contribution in [1.82, 2.24) is 4.31 Å². The highest BCUT2D eigenvalue weighted by Gasteiger charge is 2.42. The average molecular weight is 296 g/mol. The van der Waals surface area contributed by atoms with Crippen LogP contribution in [0.25, 0.3) is 0 Å². The molecular weight excluding hydrogens is 276 g/mol. The van der Waals surface area contributed by atoms with Gasteiger partial charge in [-0.05, 0) is 43.7 Å². The second-order valence-corrected chi connectivity index (χ2v) is 7.52. The van der Waals surface area contributed by atoms with E-state index < -0.39 is 10.0 Å². The van der Waals surface area contributed by atoms with Crippen molar-refractivity contribution in [1.29, 1.82) is 0 Å². The van der Waals surface area contributed by atoms with E-state index in [0.29, 0.717) is 23.9 Å². The molecule has 1 aromatic carbocycles. The summed E-state index contributed by atoms with van der Waals surface area (Å²) in [6, 6.07) is 4.89. The molecule has 0 unspecified atom stereocenters. The van der Waals surface area contributed by atoms with E-state index in [1.165, 1.54) is 7.11 Å². The number of sulfonamides is 1. The van der Waals surface area contributed by atoms with Crippen LogP contribution in [0.15, 0.2) is 23.1 Å². The molecule has 0 aromatic heterocycles. The van der Waals surface area contributed by atoms with Crippen LogP contribution in [0.2, 0.25) is 0 Å². The van der Waals surface area contributed by atoms with Crippen LogP contribution in [0.1, 0.15) is 25.7 Å². The summed E-state index contributed by atoms with van der Waals surface area (Å²) >= 11 is 0. The largest absolute Gasteiger partial charge is 0.495 e. The maximum Gasteiger partial charge on any atom is 0.247 e. The second-order valence-electron chi connectivity index (χ2n) is 5.66. The number of nitrogens with zero attached hydrogens (tertiary/aromatic N) is 1. The molecule has 2 saturated carbocycles. The normalized spacial score (nSPS) is 19.3. The fourth-order valence-electron chi connectivity index (χ4n) is 2.38. The molecule has 2 N–H and O–H groups in total. The van der Waals surface area contributed by atoms with Crippen molar-refractivity contribution < 1.29 is 13.2 Å². The Bertz CT molecular complexity index is 607. The SMILES string of the molecule is COc1cc(N)ccc1S(=O)(=O)N(CC1CC1)C1CC1. The molecule has 2 aliphatic rings. The van der Waals surface area contributed by atoms with Gasteiger partial charge in [0, 0.05) is 24.3 Å². The van der Waals surface area contributed by atoms with Gasteiger partial charge < -0.3 is 10.5 Å². The monoisotopic (exact) mass is 296 g/mol. The summed E-state index contributed by atoms with van der Waals surface area (Å²) < 4.78 is 32.6. The Balaban J connectivity index is 1.96. The summed E-state index contributed by atoms with van der Waals surface area (Å²) in [6.45, 7) is 0.639. The van der Waals surface area contributed by atoms with Gasteiger partial charge in [0.2, 0.25) is 10.0 Å². The van der Waals surface area contributed by atoms with E-state index in [0.717, 1.165) is 25.7 Å². The number of hydrogen-bond acceptors (Lipinski definition) is 4. The molecular formula is C14H20N2O3S. The number of ether oxygens (including phenoxy) is 1. The van der Waals surface area contributed by atoms with E-state index in [-0.39, 0.29) is 10.9 Å². The first-order chi connectivity index (χ1) is 9.52. The zero-order chi connectivity index (χ0) is 14.3. The number of rotatable bonds is 6. The minimum Gasteiger partial charge on any atom is -0.495 e. The van der Waals surface area contributed by atoms with Crippen LogP contribution in [-0.2, 0) is 10.0 Å². The molecule has 0 atom stereocenters. The predicted molar refractivity (Wildman–Crippen MR) is 77.0 cm³/mol. The van der Waals surface area contributed by atoms with E-state index in [1.807, 2.05) is 0 Å². The van der Waals surface area contributed by atoms with Gasteiger partial charge in [-0.15, -0.1) is 0 Å². The maximum absolute atomic E-state index is 12.9. The highest BCUT2D eigenvalue weighted by molar-refractivity contribution is 7.89. The van der Waals surface area contributed by atoms with Crippen LogP contribution in [0.3, 0.4) is 0 Å². The van der Waals surface area contributed by atoms with Gasteiger partial charge in [-0.1, -0.05) is 0 Å². The summed E-state index contributed by atoms with van der Waals surface area (Å²) in [6.07, 6.45) is 4.20. The third-order valence-corrected chi connectivity index (χ3v) is 5.82. The van der Waals surface area contributed by atoms with Crippen LogP contribution >= 0.6 is 0 Å². The van der Waals surface area contributed by atoms with Crippen molar-refractivity contribution in [2.75, 3.05) is 19.4 Å². The first kappa shape index (κ1) is 13.7. The molecule has 20 heavy (non-hydrogen) atoms. The summed E-state index contributed by atoms with van der Waals surface area (Å²) in [5.41, 5.74) is 6.20. The molecule has 0 heterocycles. The van der Waals surface area contributed by atoms with Crippen LogP contribution < -0.4 is 10.5 Å². The van der Waals surface area contributed by atoms with E-state index in [4.69, 9.17) is 10.5 Å². The van der Waals surface area contributed by atoms with E-state index in [9.17, 15) is 8.42 Å². The number of benzene rings is 1. The number of methoxy groups -OCH3 is 1. The number of nitrogens with two attached hydrogens (primary N) is 1. The molecule has 110 valence electrons. The Kier molecular flexibility index (Phi) is 3.38. The smallest absolute Gasteiger partial charge is 0.247 e. The van der Waals surface area contributed by atoms with Gasteiger partial charge in [0.05, 0.1) is 7.11 Å². The van der Waals surface area contributed by atoms with E-state index in [2.05, 4.69) is 0 Å². The minimum absolute atomic E-state index is 0.169. The van der Waals surface area contributed by atoms with Gasteiger partial charge in [-0.2, -0.15) is 4.31 Å². The van der Waals surface area contributed by atoms with E-state index in [1.54, 1.807) is 22.5 Å². The lowest BCUT2D eigenvalue weighted by Crippen LogP contribution is -2.35. The first-order valence-electron chi connectivity index (χ1n) is 6.97. The van der Waals surface area contributed by atoms with Crippen LogP contribution in [-0.4, -0.2) is 32.4 Å². The average Bonchev–Trinajstić information content (AvgIpc) is 3.26. The lowest BCUT2D eigenvalue weighted by molar-refractivity contribution is 0.376. The van der Waals surface area contributed by atoms with Crippen LogP contribution in [0, 0.1) is 5.92 Å². The molecule has 0 saturated heterocycles. The number of hydrogen-bond donors (Lipinski definition) is 1. The summed E-state index contributed by atoms with van der Waals surface area (Å²) in [5, 5.41) is 0. The summed E-state index contributed by atoms with van der Waals surface area (Å²) in [4.78, 5) is 0.224. The quantitative estimate of drug-likeness (QED) is 0.813. The van der Waals surface area contributed by atoms with Crippen LogP contribution in [0.5, 0.6) is 5.75 Å². The van der Waals surface area contributed by atoms with Crippen molar-refractivity contribution in [3.8, 4) is 5.75 Å². The zero-order valence-corrected chi connectivity index (χ0v) is 12.4. The predicted octanol–water partition coefficient (Wildman–Crippen LogP) is 1.84. The fourth-order valence-corrected chi connectivity index (χ4v) is 4.28. The molecule has 0 spiro atoms. The minimum atomic E-state index is -3.50.